The fourth-order valence-electron chi connectivity index (χ4n) is 2.11. The second kappa shape index (κ2) is 5.65. The van der Waals surface area contributed by atoms with Crippen molar-refractivity contribution in [3.8, 4) is 5.82 Å². The molecule has 22 heavy (non-hydrogen) atoms. The van der Waals surface area contributed by atoms with Crippen LogP contribution in [0.1, 0.15) is 5.56 Å². The van der Waals surface area contributed by atoms with Crippen molar-refractivity contribution in [2.24, 2.45) is 0 Å². The molecule has 5 nitrogen and oxygen atoms in total. The van der Waals surface area contributed by atoms with Gasteiger partial charge >= 0.3 is 0 Å². The SMILES string of the molecule is c1ccc2oc(SCc3ccc(-n4ccnc4)nc3)nc2c1. The lowest BCUT2D eigenvalue weighted by Gasteiger charge is -2.02. The first-order valence-electron chi connectivity index (χ1n) is 6.80. The van der Waals surface area contributed by atoms with Gasteiger partial charge in [-0.15, -0.1) is 0 Å². The molecule has 1 aromatic carbocycles. The number of imidazole rings is 1. The Morgan fingerprint density at radius 1 is 1.14 bits per heavy atom. The number of hydrogen-bond donors (Lipinski definition) is 0. The van der Waals surface area contributed by atoms with Gasteiger partial charge in [0, 0.05) is 24.3 Å². The van der Waals surface area contributed by atoms with Crippen LogP contribution < -0.4 is 0 Å². The number of nitrogens with zero attached hydrogens (tertiary/aromatic N) is 4. The summed E-state index contributed by atoms with van der Waals surface area (Å²) in [6.07, 6.45) is 7.20. The molecule has 0 unspecified atom stereocenters. The highest BCUT2D eigenvalue weighted by atomic mass is 32.2. The van der Waals surface area contributed by atoms with Gasteiger partial charge < -0.3 is 4.42 Å². The highest BCUT2D eigenvalue weighted by Crippen LogP contribution is 2.26. The molecule has 0 atom stereocenters. The summed E-state index contributed by atoms with van der Waals surface area (Å²) < 4.78 is 7.56. The van der Waals surface area contributed by atoms with Crippen LogP contribution in [0.2, 0.25) is 0 Å². The first-order chi connectivity index (χ1) is 10.9. The van der Waals surface area contributed by atoms with Gasteiger partial charge in [0.05, 0.1) is 0 Å². The van der Waals surface area contributed by atoms with E-state index < -0.39 is 0 Å². The molecule has 3 aromatic heterocycles. The van der Waals surface area contributed by atoms with Crippen molar-refractivity contribution in [1.29, 1.82) is 0 Å². The van der Waals surface area contributed by atoms with E-state index in [-0.39, 0.29) is 0 Å². The smallest absolute Gasteiger partial charge is 0.257 e. The minimum atomic E-state index is 0.680. The van der Waals surface area contributed by atoms with Gasteiger partial charge in [-0.2, -0.15) is 0 Å². The predicted octanol–water partition coefficient (Wildman–Crippen LogP) is 3.70. The summed E-state index contributed by atoms with van der Waals surface area (Å²) in [5.74, 6) is 1.62. The fraction of sp³-hybridized carbons (Fsp3) is 0.0625. The maximum atomic E-state index is 5.69. The van der Waals surface area contributed by atoms with Gasteiger partial charge in [-0.05, 0) is 23.8 Å². The molecule has 0 saturated carbocycles. The van der Waals surface area contributed by atoms with Crippen molar-refractivity contribution in [2.45, 2.75) is 11.0 Å². The largest absolute Gasteiger partial charge is 0.431 e. The van der Waals surface area contributed by atoms with Crippen LogP contribution in [-0.2, 0) is 5.75 Å². The second-order valence-electron chi connectivity index (χ2n) is 4.73. The van der Waals surface area contributed by atoms with E-state index in [1.54, 1.807) is 24.3 Å². The van der Waals surface area contributed by atoms with Gasteiger partial charge in [-0.1, -0.05) is 30.0 Å². The van der Waals surface area contributed by atoms with Crippen molar-refractivity contribution in [3.05, 3.63) is 66.9 Å². The summed E-state index contributed by atoms with van der Waals surface area (Å²) in [7, 11) is 0. The Morgan fingerprint density at radius 2 is 2.09 bits per heavy atom. The van der Waals surface area contributed by atoms with E-state index in [1.807, 2.05) is 47.3 Å². The van der Waals surface area contributed by atoms with Gasteiger partial charge in [-0.25, -0.2) is 15.0 Å². The van der Waals surface area contributed by atoms with Gasteiger partial charge in [0.2, 0.25) is 0 Å². The first kappa shape index (κ1) is 13.1. The number of oxazole rings is 1. The number of thioether (sulfide) groups is 1. The summed E-state index contributed by atoms with van der Waals surface area (Å²) in [6.45, 7) is 0. The van der Waals surface area contributed by atoms with Crippen LogP contribution in [-0.4, -0.2) is 19.5 Å². The summed E-state index contributed by atoms with van der Waals surface area (Å²) in [5, 5.41) is 0.680. The lowest BCUT2D eigenvalue weighted by Crippen LogP contribution is -1.94. The molecule has 0 aliphatic rings. The van der Waals surface area contributed by atoms with Crippen molar-refractivity contribution in [2.75, 3.05) is 0 Å². The Bertz CT molecular complexity index is 851. The van der Waals surface area contributed by atoms with Crippen LogP contribution in [0.4, 0.5) is 0 Å². The molecule has 0 N–H and O–H groups in total. The van der Waals surface area contributed by atoms with E-state index in [0.29, 0.717) is 5.22 Å². The van der Waals surface area contributed by atoms with E-state index >= 15 is 0 Å². The van der Waals surface area contributed by atoms with E-state index in [9.17, 15) is 0 Å². The molecule has 0 radical (unpaired) electrons. The van der Waals surface area contributed by atoms with Crippen LogP contribution in [0.25, 0.3) is 16.9 Å². The predicted molar refractivity (Wildman–Crippen MR) is 84.9 cm³/mol. The van der Waals surface area contributed by atoms with Gasteiger partial charge in [0.15, 0.2) is 5.58 Å². The Balaban J connectivity index is 1.47. The molecule has 4 aromatic rings. The standard InChI is InChI=1S/C16H12N4OS/c1-2-4-14-13(3-1)19-16(21-14)22-10-12-5-6-15(18-9-12)20-8-7-17-11-20/h1-9,11H,10H2. The summed E-state index contributed by atoms with van der Waals surface area (Å²) in [4.78, 5) is 12.9. The van der Waals surface area contributed by atoms with E-state index in [4.69, 9.17) is 4.42 Å². The second-order valence-corrected chi connectivity index (χ2v) is 5.66. The first-order valence-corrected chi connectivity index (χ1v) is 7.79. The maximum absolute atomic E-state index is 5.69. The van der Waals surface area contributed by atoms with E-state index in [0.717, 1.165) is 28.2 Å². The third-order valence-electron chi connectivity index (χ3n) is 3.21. The van der Waals surface area contributed by atoms with Crippen LogP contribution in [0.15, 0.2) is 71.0 Å². The van der Waals surface area contributed by atoms with E-state index in [2.05, 4.69) is 21.0 Å². The fourth-order valence-corrected chi connectivity index (χ4v) is 2.88. The molecular weight excluding hydrogens is 296 g/mol. The van der Waals surface area contributed by atoms with Crippen molar-refractivity contribution >= 4 is 22.9 Å². The Kier molecular flexibility index (Phi) is 3.36. The summed E-state index contributed by atoms with van der Waals surface area (Å²) in [5.41, 5.74) is 2.83. The van der Waals surface area contributed by atoms with Crippen LogP contribution in [0.3, 0.4) is 0 Å². The quantitative estimate of drug-likeness (QED) is 0.538. The van der Waals surface area contributed by atoms with Crippen LogP contribution in [0.5, 0.6) is 0 Å². The molecule has 3 heterocycles. The minimum Gasteiger partial charge on any atom is -0.431 e. The zero-order chi connectivity index (χ0) is 14.8. The molecule has 0 saturated heterocycles. The molecule has 0 amide bonds. The lowest BCUT2D eigenvalue weighted by atomic mass is 10.3. The number of aromatic nitrogens is 4. The third-order valence-corrected chi connectivity index (χ3v) is 4.11. The number of rotatable bonds is 4. The van der Waals surface area contributed by atoms with Crippen LogP contribution in [0, 0.1) is 0 Å². The van der Waals surface area contributed by atoms with Gasteiger partial charge in [0.25, 0.3) is 5.22 Å². The third kappa shape index (κ3) is 2.60. The number of para-hydroxylation sites is 2. The number of hydrogen-bond acceptors (Lipinski definition) is 5. The molecule has 0 fully saturated rings. The molecule has 4 rings (SSSR count). The number of fused-ring (bicyclic) bond motifs is 1. The van der Waals surface area contributed by atoms with E-state index in [1.165, 1.54) is 0 Å². The Hall–Kier alpha value is -2.60. The Morgan fingerprint density at radius 3 is 2.86 bits per heavy atom. The van der Waals surface area contributed by atoms with Crippen molar-refractivity contribution in [1.82, 2.24) is 19.5 Å². The van der Waals surface area contributed by atoms with Gasteiger partial charge in [0.1, 0.15) is 17.7 Å². The highest BCUT2D eigenvalue weighted by molar-refractivity contribution is 7.98. The number of pyridine rings is 1. The van der Waals surface area contributed by atoms with Crippen molar-refractivity contribution < 1.29 is 4.42 Å². The molecule has 0 aliphatic carbocycles. The number of benzene rings is 1. The minimum absolute atomic E-state index is 0.680. The Labute approximate surface area is 131 Å². The monoisotopic (exact) mass is 308 g/mol. The topological polar surface area (TPSA) is 56.7 Å². The lowest BCUT2D eigenvalue weighted by molar-refractivity contribution is 0.489. The molecule has 6 heteroatoms. The summed E-state index contributed by atoms with van der Waals surface area (Å²) >= 11 is 1.57. The molecule has 108 valence electrons. The molecular formula is C16H12N4OS. The normalized spacial score (nSPS) is 11.1. The average molecular weight is 308 g/mol. The van der Waals surface area contributed by atoms with Gasteiger partial charge in [-0.3, -0.25) is 4.57 Å². The molecule has 0 spiro atoms. The zero-order valence-electron chi connectivity index (χ0n) is 11.6. The average Bonchev–Trinajstić information content (AvgIpc) is 3.22. The zero-order valence-corrected chi connectivity index (χ0v) is 12.4. The van der Waals surface area contributed by atoms with Crippen molar-refractivity contribution in [3.63, 3.8) is 0 Å². The summed E-state index contributed by atoms with van der Waals surface area (Å²) in [6, 6.07) is 11.8. The molecule has 0 bridgehead atoms. The maximum Gasteiger partial charge on any atom is 0.257 e. The molecule has 0 aliphatic heterocycles. The van der Waals surface area contributed by atoms with Crippen LogP contribution >= 0.6 is 11.8 Å². The highest BCUT2D eigenvalue weighted by Gasteiger charge is 2.06.